The lowest BCUT2D eigenvalue weighted by molar-refractivity contribution is 0.706. The van der Waals surface area contributed by atoms with E-state index < -0.39 is 0 Å². The Labute approximate surface area is 110 Å². The Morgan fingerprint density at radius 3 is 2.76 bits per heavy atom. The lowest BCUT2D eigenvalue weighted by Gasteiger charge is -2.12. The smallest absolute Gasteiger partial charge is 0.0422 e. The highest BCUT2D eigenvalue weighted by molar-refractivity contribution is 9.10. The number of hydrogen-bond donors (Lipinski definition) is 1. The number of pyridine rings is 1. The minimum Gasteiger partial charge on any atom is -0.324 e. The third-order valence-electron chi connectivity index (χ3n) is 2.68. The molecule has 0 amide bonds. The Bertz CT molecular complexity index is 494. The monoisotopic (exact) mass is 290 g/mol. The van der Waals surface area contributed by atoms with Gasteiger partial charge in [-0.25, -0.2) is 0 Å². The largest absolute Gasteiger partial charge is 0.324 e. The maximum atomic E-state index is 6.17. The molecule has 1 aromatic carbocycles. The maximum absolute atomic E-state index is 6.17. The van der Waals surface area contributed by atoms with Gasteiger partial charge in [-0.1, -0.05) is 34.1 Å². The number of aryl methyl sites for hydroxylation is 1. The van der Waals surface area contributed by atoms with Gasteiger partial charge < -0.3 is 5.73 Å². The molecule has 3 heteroatoms. The molecule has 88 valence electrons. The molecule has 1 unspecified atom stereocenters. The van der Waals surface area contributed by atoms with Crippen LogP contribution < -0.4 is 5.73 Å². The van der Waals surface area contributed by atoms with Crippen LogP contribution in [-0.2, 0) is 6.42 Å². The zero-order chi connectivity index (χ0) is 12.3. The quantitative estimate of drug-likeness (QED) is 0.941. The van der Waals surface area contributed by atoms with Crippen molar-refractivity contribution < 1.29 is 0 Å². The van der Waals surface area contributed by atoms with Gasteiger partial charge in [0.1, 0.15) is 0 Å². The summed E-state index contributed by atoms with van der Waals surface area (Å²) in [5, 5.41) is 0. The Morgan fingerprint density at radius 2 is 2.12 bits per heavy atom. The van der Waals surface area contributed by atoms with E-state index in [4.69, 9.17) is 5.73 Å². The molecule has 0 aliphatic heterocycles. The number of nitrogens with two attached hydrogens (primary N) is 1. The van der Waals surface area contributed by atoms with Gasteiger partial charge in [-0.3, -0.25) is 4.98 Å². The van der Waals surface area contributed by atoms with Crippen molar-refractivity contribution in [1.82, 2.24) is 4.98 Å². The van der Waals surface area contributed by atoms with E-state index in [0.29, 0.717) is 0 Å². The van der Waals surface area contributed by atoms with Gasteiger partial charge in [-0.2, -0.15) is 0 Å². The van der Waals surface area contributed by atoms with Gasteiger partial charge in [-0.15, -0.1) is 0 Å². The molecule has 1 atom stereocenters. The lowest BCUT2D eigenvalue weighted by Crippen LogP contribution is -2.14. The van der Waals surface area contributed by atoms with Crippen molar-refractivity contribution in [3.05, 3.63) is 63.9 Å². The summed E-state index contributed by atoms with van der Waals surface area (Å²) >= 11 is 3.45. The van der Waals surface area contributed by atoms with Gasteiger partial charge in [-0.05, 0) is 36.2 Å². The molecule has 2 aromatic rings. The van der Waals surface area contributed by atoms with Gasteiger partial charge in [0.05, 0.1) is 0 Å². The molecule has 0 bridgehead atoms. The van der Waals surface area contributed by atoms with Gasteiger partial charge in [0, 0.05) is 28.8 Å². The number of nitrogens with zero attached hydrogens (tertiary/aromatic N) is 1. The van der Waals surface area contributed by atoms with Crippen LogP contribution in [-0.4, -0.2) is 4.98 Å². The fourth-order valence-electron chi connectivity index (χ4n) is 1.70. The minimum atomic E-state index is -0.0114. The first-order valence-corrected chi connectivity index (χ1v) is 6.37. The first-order valence-electron chi connectivity index (χ1n) is 5.58. The van der Waals surface area contributed by atoms with Crippen LogP contribution in [0.5, 0.6) is 0 Å². The summed E-state index contributed by atoms with van der Waals surface area (Å²) in [7, 11) is 0. The van der Waals surface area contributed by atoms with Crippen LogP contribution in [0, 0.1) is 6.92 Å². The average molecular weight is 291 g/mol. The number of hydrogen-bond acceptors (Lipinski definition) is 2. The van der Waals surface area contributed by atoms with Gasteiger partial charge in [0.2, 0.25) is 0 Å². The fourth-order valence-corrected chi connectivity index (χ4v) is 2.12. The van der Waals surface area contributed by atoms with Crippen LogP contribution in [0.15, 0.2) is 47.1 Å². The Hall–Kier alpha value is -1.19. The summed E-state index contributed by atoms with van der Waals surface area (Å²) < 4.78 is 1.06. The third kappa shape index (κ3) is 3.38. The third-order valence-corrected chi connectivity index (χ3v) is 3.17. The molecule has 0 saturated heterocycles. The predicted molar refractivity (Wildman–Crippen MR) is 73.7 cm³/mol. The molecule has 17 heavy (non-hydrogen) atoms. The summed E-state index contributed by atoms with van der Waals surface area (Å²) in [4.78, 5) is 4.37. The van der Waals surface area contributed by atoms with Crippen LogP contribution in [0.4, 0.5) is 0 Å². The summed E-state index contributed by atoms with van der Waals surface area (Å²) in [5.41, 5.74) is 9.50. The summed E-state index contributed by atoms with van der Waals surface area (Å²) in [5.74, 6) is 0. The second-order valence-electron chi connectivity index (χ2n) is 4.19. The SMILES string of the molecule is Cc1ccc(CC(N)c2cccc(Br)c2)nc1. The average Bonchev–Trinajstić information content (AvgIpc) is 2.32. The molecule has 0 saturated carbocycles. The highest BCUT2D eigenvalue weighted by Crippen LogP contribution is 2.19. The van der Waals surface area contributed by atoms with Gasteiger partial charge >= 0.3 is 0 Å². The molecule has 2 rings (SSSR count). The van der Waals surface area contributed by atoms with Crippen LogP contribution in [0.3, 0.4) is 0 Å². The van der Waals surface area contributed by atoms with Crippen LogP contribution in [0.2, 0.25) is 0 Å². The Balaban J connectivity index is 2.11. The normalized spacial score (nSPS) is 12.4. The number of rotatable bonds is 3. The zero-order valence-electron chi connectivity index (χ0n) is 9.73. The molecule has 0 aliphatic carbocycles. The van der Waals surface area contributed by atoms with Crippen LogP contribution >= 0.6 is 15.9 Å². The van der Waals surface area contributed by atoms with Crippen molar-refractivity contribution in [3.8, 4) is 0 Å². The summed E-state index contributed by atoms with van der Waals surface area (Å²) in [6, 6.07) is 12.2. The van der Waals surface area contributed by atoms with E-state index in [-0.39, 0.29) is 6.04 Å². The number of benzene rings is 1. The highest BCUT2D eigenvalue weighted by atomic mass is 79.9. The Morgan fingerprint density at radius 1 is 1.29 bits per heavy atom. The van der Waals surface area contributed by atoms with Crippen LogP contribution in [0.1, 0.15) is 22.9 Å². The van der Waals surface area contributed by atoms with Crippen molar-refractivity contribution in [2.45, 2.75) is 19.4 Å². The van der Waals surface area contributed by atoms with E-state index in [1.165, 1.54) is 5.56 Å². The number of halogens is 1. The van der Waals surface area contributed by atoms with E-state index in [1.807, 2.05) is 37.4 Å². The van der Waals surface area contributed by atoms with Gasteiger partial charge in [0.15, 0.2) is 0 Å². The molecular formula is C14H15BrN2. The van der Waals surface area contributed by atoms with E-state index in [9.17, 15) is 0 Å². The molecule has 0 fully saturated rings. The lowest BCUT2D eigenvalue weighted by atomic mass is 10.0. The van der Waals surface area contributed by atoms with E-state index >= 15 is 0 Å². The van der Waals surface area contributed by atoms with E-state index in [2.05, 4.69) is 33.0 Å². The van der Waals surface area contributed by atoms with E-state index in [0.717, 1.165) is 22.2 Å². The molecule has 2 nitrogen and oxygen atoms in total. The molecule has 1 heterocycles. The van der Waals surface area contributed by atoms with E-state index in [1.54, 1.807) is 0 Å². The van der Waals surface area contributed by atoms with Crippen molar-refractivity contribution in [2.75, 3.05) is 0 Å². The first kappa shape index (κ1) is 12.3. The molecule has 0 aliphatic rings. The zero-order valence-corrected chi connectivity index (χ0v) is 11.3. The maximum Gasteiger partial charge on any atom is 0.0422 e. The molecular weight excluding hydrogens is 276 g/mol. The van der Waals surface area contributed by atoms with Crippen molar-refractivity contribution >= 4 is 15.9 Å². The van der Waals surface area contributed by atoms with Crippen LogP contribution in [0.25, 0.3) is 0 Å². The second kappa shape index (κ2) is 5.43. The second-order valence-corrected chi connectivity index (χ2v) is 5.11. The molecule has 0 spiro atoms. The number of aromatic nitrogens is 1. The molecule has 0 radical (unpaired) electrons. The van der Waals surface area contributed by atoms with Crippen molar-refractivity contribution in [1.29, 1.82) is 0 Å². The van der Waals surface area contributed by atoms with Crippen molar-refractivity contribution in [3.63, 3.8) is 0 Å². The molecule has 2 N–H and O–H groups in total. The summed E-state index contributed by atoms with van der Waals surface area (Å²) in [6.07, 6.45) is 2.64. The van der Waals surface area contributed by atoms with Crippen molar-refractivity contribution in [2.24, 2.45) is 5.73 Å². The van der Waals surface area contributed by atoms with Gasteiger partial charge in [0.25, 0.3) is 0 Å². The highest BCUT2D eigenvalue weighted by Gasteiger charge is 2.08. The topological polar surface area (TPSA) is 38.9 Å². The first-order chi connectivity index (χ1) is 8.15. The Kier molecular flexibility index (Phi) is 3.92. The standard InChI is InChI=1S/C14H15BrN2/c1-10-5-6-13(17-9-10)8-14(16)11-3-2-4-12(15)7-11/h2-7,9,14H,8,16H2,1H3. The minimum absolute atomic E-state index is 0.0114. The summed E-state index contributed by atoms with van der Waals surface area (Å²) in [6.45, 7) is 2.03. The fraction of sp³-hybridized carbons (Fsp3) is 0.214. The predicted octanol–water partition coefficient (Wildman–Crippen LogP) is 3.40. The molecule has 1 aromatic heterocycles.